The molecular weight excluding hydrogens is 400 g/mol. The zero-order valence-electron chi connectivity index (χ0n) is 16.7. The van der Waals surface area contributed by atoms with Gasteiger partial charge in [-0.3, -0.25) is 5.43 Å². The van der Waals surface area contributed by atoms with Crippen molar-refractivity contribution < 1.29 is 14.6 Å². The molecule has 0 spiro atoms. The normalized spacial score (nSPS) is 11.2. The van der Waals surface area contributed by atoms with Gasteiger partial charge in [0.05, 0.1) is 30.7 Å². The van der Waals surface area contributed by atoms with Gasteiger partial charge in [-0.25, -0.2) is 9.97 Å². The first-order valence-electron chi connectivity index (χ1n) is 9.15. The highest BCUT2D eigenvalue weighted by Gasteiger charge is 2.15. The average Bonchev–Trinajstić information content (AvgIpc) is 3.11. The van der Waals surface area contributed by atoms with Crippen molar-refractivity contribution in [2.75, 3.05) is 19.6 Å². The van der Waals surface area contributed by atoms with E-state index in [0.29, 0.717) is 11.6 Å². The highest BCUT2D eigenvalue weighted by atomic mass is 32.1. The van der Waals surface area contributed by atoms with E-state index in [9.17, 15) is 5.11 Å². The number of hydrazone groups is 1. The number of aromatic hydroxyl groups is 1. The van der Waals surface area contributed by atoms with Crippen LogP contribution in [0.4, 0.5) is 5.82 Å². The number of aryl methyl sites for hydroxylation is 1. The molecule has 30 heavy (non-hydrogen) atoms. The second kappa shape index (κ2) is 8.38. The molecule has 0 amide bonds. The summed E-state index contributed by atoms with van der Waals surface area (Å²) in [6.45, 7) is 2.05. The fourth-order valence-electron chi connectivity index (χ4n) is 3.08. The summed E-state index contributed by atoms with van der Waals surface area (Å²) in [5, 5.41) is 14.2. The lowest BCUT2D eigenvalue weighted by atomic mass is 10.1. The molecule has 152 valence electrons. The van der Waals surface area contributed by atoms with Crippen LogP contribution in [0.15, 0.2) is 53.9 Å². The zero-order valence-corrected chi connectivity index (χ0v) is 17.5. The van der Waals surface area contributed by atoms with E-state index in [1.807, 2.05) is 24.3 Å². The van der Waals surface area contributed by atoms with Gasteiger partial charge in [-0.05, 0) is 66.1 Å². The molecule has 0 fully saturated rings. The molecule has 2 heterocycles. The van der Waals surface area contributed by atoms with Crippen molar-refractivity contribution in [3.8, 4) is 27.7 Å². The van der Waals surface area contributed by atoms with Crippen LogP contribution >= 0.6 is 11.3 Å². The Kier molecular flexibility index (Phi) is 5.49. The van der Waals surface area contributed by atoms with Gasteiger partial charge in [0, 0.05) is 4.88 Å². The monoisotopic (exact) mass is 420 g/mol. The number of nitrogens with one attached hydrogen (secondary N) is 1. The molecule has 2 aromatic carbocycles. The van der Waals surface area contributed by atoms with E-state index in [0.717, 1.165) is 37.5 Å². The second-order valence-corrected chi connectivity index (χ2v) is 7.51. The third kappa shape index (κ3) is 3.77. The number of fused-ring (bicyclic) bond motifs is 1. The Morgan fingerprint density at radius 1 is 1.07 bits per heavy atom. The Hall–Kier alpha value is -3.65. The average molecular weight is 420 g/mol. The van der Waals surface area contributed by atoms with Crippen LogP contribution in [-0.4, -0.2) is 35.5 Å². The maximum atomic E-state index is 9.89. The van der Waals surface area contributed by atoms with Crippen LogP contribution in [0.5, 0.6) is 17.2 Å². The third-order valence-corrected chi connectivity index (χ3v) is 5.98. The van der Waals surface area contributed by atoms with Crippen LogP contribution in [0, 0.1) is 6.92 Å². The molecule has 0 saturated heterocycles. The van der Waals surface area contributed by atoms with Crippen molar-refractivity contribution in [2.45, 2.75) is 6.92 Å². The van der Waals surface area contributed by atoms with E-state index in [1.165, 1.54) is 13.4 Å². The standard InChI is InChI=1S/C22H20N4O3S/c1-13-19-21(30-20(13)15-5-7-16(28-2)8-6-15)22(24-12-23-19)26-25-11-14-4-9-18(29-3)17(27)10-14/h4-12,27H,1-3H3,(H,23,24,26). The number of methoxy groups -OCH3 is 2. The summed E-state index contributed by atoms with van der Waals surface area (Å²) < 4.78 is 11.2. The van der Waals surface area contributed by atoms with Gasteiger partial charge in [-0.1, -0.05) is 0 Å². The lowest BCUT2D eigenvalue weighted by molar-refractivity contribution is 0.373. The topological polar surface area (TPSA) is 88.9 Å². The number of phenolic OH excluding ortho intramolecular Hbond substituents is 1. The fourth-order valence-corrected chi connectivity index (χ4v) is 4.28. The molecule has 8 heteroatoms. The van der Waals surface area contributed by atoms with Crippen LogP contribution in [0.3, 0.4) is 0 Å². The largest absolute Gasteiger partial charge is 0.504 e. The Labute approximate surface area is 177 Å². The third-order valence-electron chi connectivity index (χ3n) is 4.64. The fraction of sp³-hybridized carbons (Fsp3) is 0.136. The van der Waals surface area contributed by atoms with Gasteiger partial charge >= 0.3 is 0 Å². The Bertz CT molecular complexity index is 1220. The highest BCUT2D eigenvalue weighted by Crippen LogP contribution is 2.40. The number of benzene rings is 2. The lowest BCUT2D eigenvalue weighted by Gasteiger charge is -2.03. The molecular formula is C22H20N4O3S. The minimum absolute atomic E-state index is 0.0592. The predicted molar refractivity (Wildman–Crippen MR) is 120 cm³/mol. The van der Waals surface area contributed by atoms with Gasteiger partial charge in [0.1, 0.15) is 12.1 Å². The van der Waals surface area contributed by atoms with E-state index in [1.54, 1.807) is 42.9 Å². The van der Waals surface area contributed by atoms with Gasteiger partial charge in [0.25, 0.3) is 0 Å². The maximum Gasteiger partial charge on any atom is 0.167 e. The van der Waals surface area contributed by atoms with Crippen LogP contribution in [0.2, 0.25) is 0 Å². The van der Waals surface area contributed by atoms with E-state index < -0.39 is 0 Å². The molecule has 2 N–H and O–H groups in total. The molecule has 4 aromatic rings. The quantitative estimate of drug-likeness (QED) is 0.343. The molecule has 0 radical (unpaired) electrons. The molecule has 0 aliphatic rings. The SMILES string of the molecule is COc1ccc(-c2sc3c(NN=Cc4ccc(OC)c(O)c4)ncnc3c2C)cc1. The number of phenols is 1. The van der Waals surface area contributed by atoms with Crippen LogP contribution in [-0.2, 0) is 0 Å². The number of rotatable bonds is 6. The molecule has 0 bridgehead atoms. The summed E-state index contributed by atoms with van der Waals surface area (Å²) in [4.78, 5) is 9.92. The maximum absolute atomic E-state index is 9.89. The highest BCUT2D eigenvalue weighted by molar-refractivity contribution is 7.23. The van der Waals surface area contributed by atoms with E-state index >= 15 is 0 Å². The second-order valence-electron chi connectivity index (χ2n) is 6.49. The van der Waals surface area contributed by atoms with E-state index in [-0.39, 0.29) is 5.75 Å². The summed E-state index contributed by atoms with van der Waals surface area (Å²) in [6, 6.07) is 13.0. The number of anilines is 1. The Morgan fingerprint density at radius 3 is 2.57 bits per heavy atom. The van der Waals surface area contributed by atoms with Gasteiger partial charge in [0.15, 0.2) is 17.3 Å². The number of hydrogen-bond donors (Lipinski definition) is 2. The molecule has 0 unspecified atom stereocenters. The van der Waals surface area contributed by atoms with Crippen LogP contribution in [0.1, 0.15) is 11.1 Å². The van der Waals surface area contributed by atoms with E-state index in [4.69, 9.17) is 9.47 Å². The van der Waals surface area contributed by atoms with Gasteiger partial charge < -0.3 is 14.6 Å². The smallest absolute Gasteiger partial charge is 0.167 e. The van der Waals surface area contributed by atoms with Crippen molar-refractivity contribution in [2.24, 2.45) is 5.10 Å². The van der Waals surface area contributed by atoms with Gasteiger partial charge in [0.2, 0.25) is 0 Å². The Morgan fingerprint density at radius 2 is 1.87 bits per heavy atom. The minimum atomic E-state index is 0.0592. The number of hydrogen-bond acceptors (Lipinski definition) is 8. The first-order valence-corrected chi connectivity index (χ1v) is 9.97. The Balaban J connectivity index is 1.62. The predicted octanol–water partition coefficient (Wildman–Crippen LogP) is 4.84. The number of aromatic nitrogens is 2. The summed E-state index contributed by atoms with van der Waals surface area (Å²) >= 11 is 1.61. The minimum Gasteiger partial charge on any atom is -0.504 e. The first-order chi connectivity index (χ1) is 14.6. The summed E-state index contributed by atoms with van der Waals surface area (Å²) in [7, 11) is 3.16. The molecule has 0 aliphatic heterocycles. The van der Waals surface area contributed by atoms with Crippen molar-refractivity contribution in [3.63, 3.8) is 0 Å². The first kappa shape index (κ1) is 19.7. The molecule has 2 aromatic heterocycles. The number of nitrogens with zero attached hydrogens (tertiary/aromatic N) is 3. The number of ether oxygens (including phenoxy) is 2. The van der Waals surface area contributed by atoms with Crippen molar-refractivity contribution in [1.82, 2.24) is 9.97 Å². The molecule has 0 saturated carbocycles. The van der Waals surface area contributed by atoms with Crippen molar-refractivity contribution >= 4 is 33.6 Å². The lowest BCUT2D eigenvalue weighted by Crippen LogP contribution is -1.95. The molecule has 4 rings (SSSR count). The summed E-state index contributed by atoms with van der Waals surface area (Å²) in [6.07, 6.45) is 3.13. The zero-order chi connectivity index (χ0) is 21.1. The van der Waals surface area contributed by atoms with Gasteiger partial charge in [-0.2, -0.15) is 5.10 Å². The number of thiophene rings is 1. The van der Waals surface area contributed by atoms with Gasteiger partial charge in [-0.15, -0.1) is 11.3 Å². The van der Waals surface area contributed by atoms with Crippen molar-refractivity contribution in [1.29, 1.82) is 0 Å². The molecule has 0 aliphatic carbocycles. The van der Waals surface area contributed by atoms with E-state index in [2.05, 4.69) is 27.4 Å². The van der Waals surface area contributed by atoms with Crippen LogP contribution < -0.4 is 14.9 Å². The summed E-state index contributed by atoms with van der Waals surface area (Å²) in [5.41, 5.74) is 6.80. The molecule has 0 atom stereocenters. The summed E-state index contributed by atoms with van der Waals surface area (Å²) in [5.74, 6) is 1.92. The van der Waals surface area contributed by atoms with Crippen LogP contribution in [0.25, 0.3) is 20.7 Å². The van der Waals surface area contributed by atoms with Crippen molar-refractivity contribution in [3.05, 3.63) is 59.9 Å². The molecule has 7 nitrogen and oxygen atoms in total.